The molecule has 3 N–H and O–H groups in total. The van der Waals surface area contributed by atoms with Crippen LogP contribution in [-0.4, -0.2) is 57.2 Å². The van der Waals surface area contributed by atoms with Gasteiger partial charge in [0.05, 0.1) is 6.61 Å². The van der Waals surface area contributed by atoms with Crippen molar-refractivity contribution in [2.24, 2.45) is 0 Å². The molecule has 33 heavy (non-hydrogen) atoms. The van der Waals surface area contributed by atoms with Gasteiger partial charge in [0.15, 0.2) is 0 Å². The van der Waals surface area contributed by atoms with E-state index in [1.165, 1.54) is 0 Å². The second kappa shape index (κ2) is 9.19. The molecule has 0 unspecified atom stereocenters. The lowest BCUT2D eigenvalue weighted by molar-refractivity contribution is -0.132. The van der Waals surface area contributed by atoms with Crippen LogP contribution < -0.4 is 10.6 Å². The first-order valence-electron chi connectivity index (χ1n) is 11.1. The molecule has 2 aliphatic heterocycles. The Morgan fingerprint density at radius 3 is 2.45 bits per heavy atom. The van der Waals surface area contributed by atoms with E-state index in [2.05, 4.69) is 10.6 Å². The molecule has 0 spiro atoms. The summed E-state index contributed by atoms with van der Waals surface area (Å²) in [4.78, 5) is 41.4. The van der Waals surface area contributed by atoms with Gasteiger partial charge in [0.2, 0.25) is 11.8 Å². The monoisotopic (exact) mass is 467 g/mol. The van der Waals surface area contributed by atoms with Gasteiger partial charge in [-0.25, -0.2) is 0 Å². The fraction of sp³-hybridized carbons (Fsp3) is 0.400. The largest absolute Gasteiger partial charge is 0.394 e. The number of nitrogens with zero attached hydrogens (tertiary/aromatic N) is 1. The number of benzene rings is 2. The van der Waals surface area contributed by atoms with Crippen LogP contribution in [0.1, 0.15) is 47.6 Å². The number of hydrogen-bond donors (Lipinski definition) is 3. The highest BCUT2D eigenvalue weighted by atomic mass is 32.2. The standard InChI is InChI=1S/C25H29N3O4S/c1-15(14-29)26-21(30)19(13-16-9-5-4-6-10-16)27-22(31)20-25(2,3)33-24-18-12-8-7-11-17(18)23(32)28(20)24/h4-12,15,19-20,24,29H,13-14H2,1-3H3,(H,26,30)(H,27,31)/t15-,19-,20+,24+/m0/s1. The number of aliphatic hydroxyl groups excluding tert-OH is 1. The molecule has 0 bridgehead atoms. The second-order valence-corrected chi connectivity index (χ2v) is 10.9. The maximum absolute atomic E-state index is 13.6. The Balaban J connectivity index is 1.59. The first-order chi connectivity index (χ1) is 15.7. The lowest BCUT2D eigenvalue weighted by atomic mass is 9.99. The number of nitrogens with one attached hydrogen (secondary N) is 2. The zero-order valence-electron chi connectivity index (χ0n) is 18.9. The number of thioether (sulfide) groups is 1. The van der Waals surface area contributed by atoms with Gasteiger partial charge in [-0.05, 0) is 38.0 Å². The van der Waals surface area contributed by atoms with Crippen molar-refractivity contribution in [3.8, 4) is 0 Å². The quantitative estimate of drug-likeness (QED) is 0.580. The van der Waals surface area contributed by atoms with Crippen LogP contribution in [0.25, 0.3) is 0 Å². The van der Waals surface area contributed by atoms with Gasteiger partial charge in [-0.15, -0.1) is 11.8 Å². The summed E-state index contributed by atoms with van der Waals surface area (Å²) in [6.07, 6.45) is 0.300. The summed E-state index contributed by atoms with van der Waals surface area (Å²) in [5.41, 5.74) is 2.45. The van der Waals surface area contributed by atoms with Gasteiger partial charge in [-0.2, -0.15) is 0 Å². The van der Waals surface area contributed by atoms with E-state index in [-0.39, 0.29) is 29.7 Å². The Labute approximate surface area is 197 Å². The van der Waals surface area contributed by atoms with E-state index in [1.807, 2.05) is 62.4 Å². The molecule has 2 aromatic rings. The predicted molar refractivity (Wildman–Crippen MR) is 128 cm³/mol. The van der Waals surface area contributed by atoms with Crippen molar-refractivity contribution in [1.82, 2.24) is 15.5 Å². The molecular weight excluding hydrogens is 438 g/mol. The van der Waals surface area contributed by atoms with Gasteiger partial charge in [-0.1, -0.05) is 48.5 Å². The minimum Gasteiger partial charge on any atom is -0.394 e. The molecule has 1 saturated heterocycles. The number of aliphatic hydroxyl groups is 1. The normalized spacial score (nSPS) is 22.3. The Morgan fingerprint density at radius 2 is 1.76 bits per heavy atom. The number of amides is 3. The lowest BCUT2D eigenvalue weighted by Crippen LogP contribution is -2.58. The molecular formula is C25H29N3O4S. The van der Waals surface area contributed by atoms with Crippen molar-refractivity contribution >= 4 is 29.5 Å². The van der Waals surface area contributed by atoms with E-state index in [9.17, 15) is 19.5 Å². The third kappa shape index (κ3) is 4.50. The third-order valence-electron chi connectivity index (χ3n) is 6.12. The highest BCUT2D eigenvalue weighted by Crippen LogP contribution is 2.56. The SMILES string of the molecule is C[C@@H](CO)NC(=O)[C@H](Cc1ccccc1)NC(=O)[C@H]1N2C(=O)c3ccccc3[C@H]2SC1(C)C. The van der Waals surface area contributed by atoms with E-state index in [4.69, 9.17) is 0 Å². The minimum absolute atomic E-state index is 0.160. The topological polar surface area (TPSA) is 98.7 Å². The van der Waals surface area contributed by atoms with E-state index < -0.39 is 22.9 Å². The Morgan fingerprint density at radius 1 is 1.09 bits per heavy atom. The van der Waals surface area contributed by atoms with Gasteiger partial charge >= 0.3 is 0 Å². The summed E-state index contributed by atoms with van der Waals surface area (Å²) in [6, 6.07) is 14.9. The molecule has 2 aromatic carbocycles. The number of carbonyl (C=O) groups excluding carboxylic acids is 3. The first kappa shape index (κ1) is 23.3. The number of carbonyl (C=O) groups is 3. The lowest BCUT2D eigenvalue weighted by Gasteiger charge is -2.31. The van der Waals surface area contributed by atoms with Crippen LogP contribution in [0.4, 0.5) is 0 Å². The molecule has 4 atom stereocenters. The second-order valence-electron chi connectivity index (χ2n) is 9.12. The van der Waals surface area contributed by atoms with E-state index >= 15 is 0 Å². The van der Waals surface area contributed by atoms with Crippen LogP contribution in [0, 0.1) is 0 Å². The van der Waals surface area contributed by atoms with Crippen molar-refractivity contribution in [3.63, 3.8) is 0 Å². The minimum atomic E-state index is -0.839. The van der Waals surface area contributed by atoms with Crippen molar-refractivity contribution < 1.29 is 19.5 Å². The molecule has 1 fully saturated rings. The van der Waals surface area contributed by atoms with E-state index in [1.54, 1.807) is 29.7 Å². The summed E-state index contributed by atoms with van der Waals surface area (Å²) in [5, 5.41) is 14.8. The summed E-state index contributed by atoms with van der Waals surface area (Å²) < 4.78 is -0.538. The Kier molecular flexibility index (Phi) is 6.50. The van der Waals surface area contributed by atoms with Crippen LogP contribution >= 0.6 is 11.8 Å². The van der Waals surface area contributed by atoms with Crippen molar-refractivity contribution in [1.29, 1.82) is 0 Å². The fourth-order valence-electron chi connectivity index (χ4n) is 4.50. The highest BCUT2D eigenvalue weighted by Gasteiger charge is 2.57. The predicted octanol–water partition coefficient (Wildman–Crippen LogP) is 2.26. The van der Waals surface area contributed by atoms with Crippen LogP contribution in [0.2, 0.25) is 0 Å². The summed E-state index contributed by atoms with van der Waals surface area (Å²) >= 11 is 1.59. The van der Waals surface area contributed by atoms with Crippen molar-refractivity contribution in [2.75, 3.05) is 6.61 Å². The molecule has 0 radical (unpaired) electrons. The summed E-state index contributed by atoms with van der Waals surface area (Å²) in [5.74, 6) is -0.888. The molecule has 8 heteroatoms. The number of rotatable bonds is 7. The van der Waals surface area contributed by atoms with Crippen LogP contribution in [0.3, 0.4) is 0 Å². The van der Waals surface area contributed by atoms with Gasteiger partial charge in [-0.3, -0.25) is 14.4 Å². The molecule has 174 valence electrons. The van der Waals surface area contributed by atoms with Gasteiger partial charge in [0.25, 0.3) is 5.91 Å². The maximum Gasteiger partial charge on any atom is 0.256 e. The molecule has 3 amide bonds. The molecule has 7 nitrogen and oxygen atoms in total. The van der Waals surface area contributed by atoms with Crippen LogP contribution in [0.15, 0.2) is 54.6 Å². The van der Waals surface area contributed by atoms with E-state index in [0.29, 0.717) is 12.0 Å². The molecule has 2 heterocycles. The average molecular weight is 468 g/mol. The molecule has 0 aliphatic carbocycles. The number of fused-ring (bicyclic) bond motifs is 3. The van der Waals surface area contributed by atoms with Gasteiger partial charge < -0.3 is 20.6 Å². The van der Waals surface area contributed by atoms with Crippen molar-refractivity contribution in [2.45, 2.75) is 55.4 Å². The molecule has 2 aliphatic rings. The molecule has 0 saturated carbocycles. The molecule has 4 rings (SSSR count). The van der Waals surface area contributed by atoms with Crippen LogP contribution in [-0.2, 0) is 16.0 Å². The van der Waals surface area contributed by atoms with Gasteiger partial charge in [0, 0.05) is 22.8 Å². The highest BCUT2D eigenvalue weighted by molar-refractivity contribution is 8.01. The van der Waals surface area contributed by atoms with Crippen molar-refractivity contribution in [3.05, 3.63) is 71.3 Å². The fourth-order valence-corrected chi connectivity index (χ4v) is 6.09. The molecule has 0 aromatic heterocycles. The third-order valence-corrected chi connectivity index (χ3v) is 7.66. The summed E-state index contributed by atoms with van der Waals surface area (Å²) in [6.45, 7) is 5.40. The first-order valence-corrected chi connectivity index (χ1v) is 12.0. The average Bonchev–Trinajstić information content (AvgIpc) is 3.23. The summed E-state index contributed by atoms with van der Waals surface area (Å²) in [7, 11) is 0. The Bertz CT molecular complexity index is 1060. The Hall–Kier alpha value is -2.84. The van der Waals surface area contributed by atoms with Gasteiger partial charge in [0.1, 0.15) is 17.5 Å². The van der Waals surface area contributed by atoms with E-state index in [0.717, 1.165) is 11.1 Å². The maximum atomic E-state index is 13.6. The zero-order chi connectivity index (χ0) is 23.8. The number of hydrogen-bond acceptors (Lipinski definition) is 5. The van der Waals surface area contributed by atoms with Crippen LogP contribution in [0.5, 0.6) is 0 Å². The smallest absolute Gasteiger partial charge is 0.256 e. The zero-order valence-corrected chi connectivity index (χ0v) is 19.8.